The molecule has 4 rings (SSSR count). The second-order valence-electron chi connectivity index (χ2n) is 7.27. The van der Waals surface area contributed by atoms with Crippen LogP contribution in [0, 0.1) is 0 Å². The summed E-state index contributed by atoms with van der Waals surface area (Å²) in [5.74, 6) is 0.162. The minimum absolute atomic E-state index is 0.220. The number of hydrazine groups is 1. The molecular weight excluding hydrogens is 572 g/mol. The van der Waals surface area contributed by atoms with Crippen LogP contribution in [0.2, 0.25) is 5.02 Å². The highest BCUT2D eigenvalue weighted by atomic mass is 79.9. The molecule has 0 aliphatic carbocycles. The van der Waals surface area contributed by atoms with E-state index < -0.39 is 11.8 Å². The molecule has 0 radical (unpaired) electrons. The van der Waals surface area contributed by atoms with Crippen LogP contribution in [0.25, 0.3) is 6.08 Å². The van der Waals surface area contributed by atoms with Crippen LogP contribution < -0.4 is 14.9 Å². The summed E-state index contributed by atoms with van der Waals surface area (Å²) in [6.07, 6.45) is 1.68. The molecule has 1 aliphatic rings. The normalized spacial score (nSPS) is 14.4. The topological polar surface area (TPSA) is 67.9 Å². The average molecular weight is 590 g/mol. The number of nitrogens with zero attached hydrogens (tertiary/aromatic N) is 1. The zero-order valence-electron chi connectivity index (χ0n) is 18.3. The van der Waals surface area contributed by atoms with Crippen LogP contribution in [-0.4, -0.2) is 28.3 Å². The van der Waals surface area contributed by atoms with Crippen molar-refractivity contribution < 1.29 is 19.1 Å². The number of benzene rings is 3. The number of nitrogens with one attached hydrogen (secondary N) is 1. The molecule has 0 spiro atoms. The Labute approximate surface area is 225 Å². The number of thioether (sulfide) groups is 1. The molecule has 2 amide bonds. The molecule has 0 bridgehead atoms. The second kappa shape index (κ2) is 11.3. The minimum atomic E-state index is -0.469. The molecule has 0 saturated carbocycles. The molecule has 1 saturated heterocycles. The summed E-state index contributed by atoms with van der Waals surface area (Å²) in [6, 6.07) is 19.7. The minimum Gasteiger partial charge on any atom is -0.493 e. The maximum atomic E-state index is 13.0. The Balaban J connectivity index is 1.51. The molecule has 3 aromatic rings. The summed E-state index contributed by atoms with van der Waals surface area (Å²) in [5.41, 5.74) is 4.63. The molecule has 10 heteroatoms. The van der Waals surface area contributed by atoms with E-state index in [-0.39, 0.29) is 4.32 Å². The van der Waals surface area contributed by atoms with E-state index in [9.17, 15) is 9.59 Å². The van der Waals surface area contributed by atoms with Crippen LogP contribution in [0.3, 0.4) is 0 Å². The number of hydrogen-bond donors (Lipinski definition) is 1. The van der Waals surface area contributed by atoms with Gasteiger partial charge in [-0.1, -0.05) is 53.7 Å². The van der Waals surface area contributed by atoms with Crippen molar-refractivity contribution in [1.82, 2.24) is 10.4 Å². The Morgan fingerprint density at radius 2 is 1.89 bits per heavy atom. The van der Waals surface area contributed by atoms with Crippen molar-refractivity contribution >= 4 is 73.7 Å². The van der Waals surface area contributed by atoms with Crippen molar-refractivity contribution in [3.8, 4) is 11.5 Å². The summed E-state index contributed by atoms with van der Waals surface area (Å²) in [7, 11) is 1.55. The largest absolute Gasteiger partial charge is 0.493 e. The van der Waals surface area contributed by atoms with Crippen LogP contribution in [0.5, 0.6) is 11.5 Å². The van der Waals surface area contributed by atoms with Gasteiger partial charge < -0.3 is 9.47 Å². The van der Waals surface area contributed by atoms with Gasteiger partial charge in [-0.3, -0.25) is 15.0 Å². The number of carbonyl (C=O) groups excluding carboxylic acids is 2. The van der Waals surface area contributed by atoms with E-state index in [0.29, 0.717) is 43.6 Å². The number of carbonyl (C=O) groups is 2. The predicted molar refractivity (Wildman–Crippen MR) is 145 cm³/mol. The first-order chi connectivity index (χ1) is 16.9. The summed E-state index contributed by atoms with van der Waals surface area (Å²) in [4.78, 5) is 25.8. The summed E-state index contributed by atoms with van der Waals surface area (Å²) < 4.78 is 12.4. The van der Waals surface area contributed by atoms with Gasteiger partial charge in [0.15, 0.2) is 15.8 Å². The van der Waals surface area contributed by atoms with Gasteiger partial charge in [0.05, 0.1) is 16.5 Å². The molecule has 1 aliphatic heterocycles. The van der Waals surface area contributed by atoms with Crippen molar-refractivity contribution in [2.24, 2.45) is 0 Å². The molecule has 1 N–H and O–H groups in total. The molecular formula is C25H18BrClN2O4S2. The third-order valence-electron chi connectivity index (χ3n) is 4.89. The van der Waals surface area contributed by atoms with Crippen LogP contribution in [0.4, 0.5) is 0 Å². The molecule has 178 valence electrons. The summed E-state index contributed by atoms with van der Waals surface area (Å²) >= 11 is 15.8. The van der Waals surface area contributed by atoms with Gasteiger partial charge in [-0.25, -0.2) is 0 Å². The maximum absolute atomic E-state index is 13.0. The first-order valence-corrected chi connectivity index (χ1v) is 12.6. The van der Waals surface area contributed by atoms with Crippen LogP contribution in [0.15, 0.2) is 76.1 Å². The third-order valence-corrected chi connectivity index (χ3v) is 7.03. The quantitative estimate of drug-likeness (QED) is 0.260. The van der Waals surface area contributed by atoms with Gasteiger partial charge in [0.25, 0.3) is 11.8 Å². The number of amides is 2. The highest BCUT2D eigenvalue weighted by Crippen LogP contribution is 2.39. The lowest BCUT2D eigenvalue weighted by Crippen LogP contribution is -2.44. The SMILES string of the molecule is COc1cc(/C=C2/SC(=S)N(NC(=O)c3ccc(Cl)cc3)C2=O)cc(Br)c1OCc1ccccc1. The zero-order valence-corrected chi connectivity index (χ0v) is 22.3. The van der Waals surface area contributed by atoms with E-state index in [2.05, 4.69) is 21.4 Å². The Hall–Kier alpha value is -2.85. The molecule has 1 fully saturated rings. The lowest BCUT2D eigenvalue weighted by atomic mass is 10.1. The highest BCUT2D eigenvalue weighted by Gasteiger charge is 2.34. The van der Waals surface area contributed by atoms with E-state index in [1.54, 1.807) is 43.5 Å². The van der Waals surface area contributed by atoms with Crippen molar-refractivity contribution in [3.63, 3.8) is 0 Å². The smallest absolute Gasteiger partial charge is 0.285 e. The first kappa shape index (κ1) is 25.2. The number of halogens is 2. The molecule has 35 heavy (non-hydrogen) atoms. The number of ether oxygens (including phenoxy) is 2. The molecule has 0 aromatic heterocycles. The number of rotatable bonds is 7. The van der Waals surface area contributed by atoms with E-state index in [1.807, 2.05) is 36.4 Å². The van der Waals surface area contributed by atoms with Gasteiger partial charge in [0.2, 0.25) is 0 Å². The lowest BCUT2D eigenvalue weighted by molar-refractivity contribution is -0.123. The molecule has 1 heterocycles. The zero-order chi connectivity index (χ0) is 24.9. The monoisotopic (exact) mass is 588 g/mol. The highest BCUT2D eigenvalue weighted by molar-refractivity contribution is 9.10. The van der Waals surface area contributed by atoms with Crippen molar-refractivity contribution in [2.45, 2.75) is 6.61 Å². The van der Waals surface area contributed by atoms with E-state index in [4.69, 9.17) is 33.3 Å². The summed E-state index contributed by atoms with van der Waals surface area (Å²) in [6.45, 7) is 0.376. The van der Waals surface area contributed by atoms with Gasteiger partial charge in [0, 0.05) is 10.6 Å². The standard InChI is InChI=1S/C25H18BrClN2O4S2/c1-32-20-12-16(11-19(26)22(20)33-14-15-5-3-2-4-6-15)13-21-24(31)29(25(34)35-21)28-23(30)17-7-9-18(27)10-8-17/h2-13H,14H2,1H3,(H,28,30)/b21-13+. The fourth-order valence-electron chi connectivity index (χ4n) is 3.18. The van der Waals surface area contributed by atoms with Gasteiger partial charge in [0.1, 0.15) is 6.61 Å². The van der Waals surface area contributed by atoms with Gasteiger partial charge in [-0.15, -0.1) is 0 Å². The van der Waals surface area contributed by atoms with E-state index in [1.165, 1.54) is 0 Å². The number of hydrogen-bond acceptors (Lipinski definition) is 6. The third kappa shape index (κ3) is 6.05. The van der Waals surface area contributed by atoms with Crippen molar-refractivity contribution in [3.05, 3.63) is 97.8 Å². The first-order valence-electron chi connectivity index (χ1n) is 10.2. The predicted octanol–water partition coefficient (Wildman–Crippen LogP) is 6.24. The lowest BCUT2D eigenvalue weighted by Gasteiger charge is -2.15. The number of thiocarbonyl (C=S) groups is 1. The van der Waals surface area contributed by atoms with Gasteiger partial charge >= 0.3 is 0 Å². The van der Waals surface area contributed by atoms with Crippen molar-refractivity contribution in [2.75, 3.05) is 7.11 Å². The second-order valence-corrected chi connectivity index (χ2v) is 10.2. The Morgan fingerprint density at radius 3 is 2.57 bits per heavy atom. The fourth-order valence-corrected chi connectivity index (χ4v) is 5.06. The van der Waals surface area contributed by atoms with Crippen LogP contribution in [-0.2, 0) is 11.4 Å². The molecule has 0 unspecified atom stereocenters. The van der Waals surface area contributed by atoms with E-state index in [0.717, 1.165) is 22.3 Å². The fraction of sp³-hybridized carbons (Fsp3) is 0.0800. The maximum Gasteiger partial charge on any atom is 0.285 e. The van der Waals surface area contributed by atoms with Gasteiger partial charge in [-0.05, 0) is 81.7 Å². The van der Waals surface area contributed by atoms with E-state index >= 15 is 0 Å². The van der Waals surface area contributed by atoms with Crippen LogP contribution >= 0.6 is 51.5 Å². The molecule has 0 atom stereocenters. The number of methoxy groups -OCH3 is 1. The Kier molecular flexibility index (Phi) is 8.12. The van der Waals surface area contributed by atoms with Crippen molar-refractivity contribution in [1.29, 1.82) is 0 Å². The van der Waals surface area contributed by atoms with Crippen LogP contribution in [0.1, 0.15) is 21.5 Å². The molecule has 3 aromatic carbocycles. The Morgan fingerprint density at radius 1 is 1.17 bits per heavy atom. The summed E-state index contributed by atoms with van der Waals surface area (Å²) in [5, 5.41) is 1.57. The average Bonchev–Trinajstić information content (AvgIpc) is 3.11. The Bertz CT molecular complexity index is 1320. The molecule has 6 nitrogen and oxygen atoms in total. The van der Waals surface area contributed by atoms with Gasteiger partial charge in [-0.2, -0.15) is 5.01 Å².